The molecule has 3 rings (SSSR count). The summed E-state index contributed by atoms with van der Waals surface area (Å²) in [4.78, 5) is 0. The van der Waals surface area contributed by atoms with Crippen LogP contribution in [0.5, 0.6) is 0 Å². The predicted molar refractivity (Wildman–Crippen MR) is 126 cm³/mol. The highest BCUT2D eigenvalue weighted by molar-refractivity contribution is 5.71. The molecule has 0 radical (unpaired) electrons. The van der Waals surface area contributed by atoms with E-state index in [1.807, 2.05) is 31.2 Å². The van der Waals surface area contributed by atoms with Crippen LogP contribution in [0.1, 0.15) is 37.3 Å². The zero-order valence-corrected chi connectivity index (χ0v) is 17.5. The molecule has 0 aliphatic rings. The number of allylic oxidation sites excluding steroid dienone is 2. The van der Waals surface area contributed by atoms with Crippen molar-refractivity contribution in [2.75, 3.05) is 0 Å². The van der Waals surface area contributed by atoms with Gasteiger partial charge in [-0.25, -0.2) is 4.39 Å². The lowest BCUT2D eigenvalue weighted by Crippen LogP contribution is -1.97. The molecule has 0 saturated carbocycles. The van der Waals surface area contributed by atoms with E-state index in [2.05, 4.69) is 55.1 Å². The fraction of sp³-hybridized carbons (Fsp3) is 0.214. The highest BCUT2D eigenvalue weighted by Crippen LogP contribution is 2.27. The molecule has 154 valence electrons. The van der Waals surface area contributed by atoms with E-state index in [1.165, 1.54) is 5.56 Å². The van der Waals surface area contributed by atoms with Crippen LogP contribution in [-0.2, 0) is 6.42 Å². The molecular formula is C28H29FO. The van der Waals surface area contributed by atoms with Crippen LogP contribution in [0.2, 0.25) is 0 Å². The number of rotatable bonds is 9. The van der Waals surface area contributed by atoms with Crippen LogP contribution in [-0.4, -0.2) is 11.2 Å². The van der Waals surface area contributed by atoms with Crippen LogP contribution in [0.4, 0.5) is 4.39 Å². The number of hydrogen-bond acceptors (Lipinski definition) is 1. The first-order chi connectivity index (χ1) is 14.6. The van der Waals surface area contributed by atoms with E-state index in [0.717, 1.165) is 41.5 Å². The number of halogens is 1. The van der Waals surface area contributed by atoms with Gasteiger partial charge >= 0.3 is 0 Å². The Morgan fingerprint density at radius 1 is 0.900 bits per heavy atom. The lowest BCUT2D eigenvalue weighted by atomic mass is 9.98. The Labute approximate surface area is 179 Å². The van der Waals surface area contributed by atoms with Crippen LogP contribution in [0.3, 0.4) is 0 Å². The zero-order chi connectivity index (χ0) is 21.3. The third-order valence-corrected chi connectivity index (χ3v) is 5.18. The smallest absolute Gasteiger partial charge is 0.127 e. The van der Waals surface area contributed by atoms with Crippen LogP contribution in [0.25, 0.3) is 28.3 Å². The Bertz CT molecular complexity index is 982. The highest BCUT2D eigenvalue weighted by atomic mass is 19.1. The molecule has 30 heavy (non-hydrogen) atoms. The first-order valence-electron chi connectivity index (χ1n) is 10.5. The molecule has 0 fully saturated rings. The van der Waals surface area contributed by atoms with Crippen LogP contribution >= 0.6 is 0 Å². The van der Waals surface area contributed by atoms with Crippen molar-refractivity contribution in [3.05, 3.63) is 102 Å². The van der Waals surface area contributed by atoms with Crippen molar-refractivity contribution in [1.29, 1.82) is 0 Å². The summed E-state index contributed by atoms with van der Waals surface area (Å²) in [6.07, 6.45) is 9.13. The second-order valence-corrected chi connectivity index (χ2v) is 7.68. The van der Waals surface area contributed by atoms with E-state index in [0.29, 0.717) is 12.0 Å². The van der Waals surface area contributed by atoms with Gasteiger partial charge in [0.2, 0.25) is 0 Å². The summed E-state index contributed by atoms with van der Waals surface area (Å²) >= 11 is 0. The van der Waals surface area contributed by atoms with Gasteiger partial charge in [0.05, 0.1) is 6.10 Å². The van der Waals surface area contributed by atoms with Gasteiger partial charge in [0.25, 0.3) is 0 Å². The molecule has 0 amide bonds. The highest BCUT2D eigenvalue weighted by Gasteiger charge is 2.05. The fourth-order valence-corrected chi connectivity index (χ4v) is 3.44. The third kappa shape index (κ3) is 6.01. The summed E-state index contributed by atoms with van der Waals surface area (Å²) in [6, 6.07) is 22.1. The standard InChI is InChI=1S/C28H29FO/c1-3-7-26-18-19-27(20-28(26)29)25-16-14-24(15-17-25)23-12-10-22(11-13-23)9-6-4-5-8-21(2)30/h3,6,9-21,30H,1,4-5,7-8H2,2H3/b9-6+. The number of unbranched alkanes of at least 4 members (excludes halogenated alkanes) is 1. The van der Waals surface area contributed by atoms with E-state index in [4.69, 9.17) is 0 Å². The monoisotopic (exact) mass is 400 g/mol. The molecule has 1 nitrogen and oxygen atoms in total. The summed E-state index contributed by atoms with van der Waals surface area (Å²) in [5.41, 5.74) is 6.00. The molecule has 1 atom stereocenters. The van der Waals surface area contributed by atoms with Crippen molar-refractivity contribution >= 4 is 6.08 Å². The van der Waals surface area contributed by atoms with Gasteiger partial charge in [-0.3, -0.25) is 0 Å². The Morgan fingerprint density at radius 2 is 1.47 bits per heavy atom. The SMILES string of the molecule is C=CCc1ccc(-c2ccc(-c3ccc(/C=C/CCCC(C)O)cc3)cc2)cc1F. The number of aliphatic hydroxyl groups excluding tert-OH is 1. The second-order valence-electron chi connectivity index (χ2n) is 7.68. The zero-order valence-electron chi connectivity index (χ0n) is 17.5. The third-order valence-electron chi connectivity index (χ3n) is 5.18. The van der Waals surface area contributed by atoms with E-state index < -0.39 is 0 Å². The van der Waals surface area contributed by atoms with Crippen LogP contribution in [0.15, 0.2) is 85.5 Å². The van der Waals surface area contributed by atoms with E-state index in [1.54, 1.807) is 12.1 Å². The summed E-state index contributed by atoms with van der Waals surface area (Å²) in [5.74, 6) is -0.189. The van der Waals surface area contributed by atoms with Gasteiger partial charge in [0.1, 0.15) is 5.82 Å². The Kier molecular flexibility index (Phi) is 7.75. The molecule has 3 aromatic rings. The Balaban J connectivity index is 1.65. The minimum absolute atomic E-state index is 0.189. The first kappa shape index (κ1) is 21.7. The minimum Gasteiger partial charge on any atom is -0.393 e. The molecule has 0 bridgehead atoms. The molecule has 0 aromatic heterocycles. The average molecular weight is 401 g/mol. The normalized spacial score (nSPS) is 12.2. The molecule has 3 aromatic carbocycles. The lowest BCUT2D eigenvalue weighted by Gasteiger charge is -2.07. The van der Waals surface area contributed by atoms with E-state index >= 15 is 0 Å². The molecule has 1 unspecified atom stereocenters. The number of aliphatic hydroxyl groups is 1. The van der Waals surface area contributed by atoms with Gasteiger partial charge in [0.15, 0.2) is 0 Å². The van der Waals surface area contributed by atoms with Gasteiger partial charge in [-0.2, -0.15) is 0 Å². The lowest BCUT2D eigenvalue weighted by molar-refractivity contribution is 0.182. The average Bonchev–Trinajstić information content (AvgIpc) is 2.75. The maximum absolute atomic E-state index is 14.2. The topological polar surface area (TPSA) is 20.2 Å². The van der Waals surface area contributed by atoms with Crippen molar-refractivity contribution < 1.29 is 9.50 Å². The van der Waals surface area contributed by atoms with E-state index in [-0.39, 0.29) is 11.9 Å². The summed E-state index contributed by atoms with van der Waals surface area (Å²) in [7, 11) is 0. The maximum atomic E-state index is 14.2. The largest absolute Gasteiger partial charge is 0.393 e. The Morgan fingerprint density at radius 3 is 2.03 bits per heavy atom. The van der Waals surface area contributed by atoms with Gasteiger partial charge in [0, 0.05) is 0 Å². The molecule has 2 heteroatoms. The summed E-state index contributed by atoms with van der Waals surface area (Å²) in [5, 5.41) is 9.29. The van der Waals surface area contributed by atoms with Crippen molar-refractivity contribution in [2.24, 2.45) is 0 Å². The fourth-order valence-electron chi connectivity index (χ4n) is 3.44. The van der Waals surface area contributed by atoms with Gasteiger partial charge in [-0.1, -0.05) is 78.9 Å². The maximum Gasteiger partial charge on any atom is 0.127 e. The first-order valence-corrected chi connectivity index (χ1v) is 10.5. The van der Waals surface area contributed by atoms with Crippen LogP contribution in [0, 0.1) is 5.82 Å². The van der Waals surface area contributed by atoms with Gasteiger partial charge in [-0.05, 0) is 72.1 Å². The molecule has 0 saturated heterocycles. The predicted octanol–water partition coefficient (Wildman–Crippen LogP) is 7.45. The Hall–Kier alpha value is -2.97. The number of benzene rings is 3. The van der Waals surface area contributed by atoms with Crippen molar-refractivity contribution in [1.82, 2.24) is 0 Å². The second kappa shape index (κ2) is 10.7. The molecule has 0 heterocycles. The van der Waals surface area contributed by atoms with Crippen LogP contribution < -0.4 is 0 Å². The van der Waals surface area contributed by atoms with E-state index in [9.17, 15) is 9.50 Å². The van der Waals surface area contributed by atoms with Crippen molar-refractivity contribution in [3.8, 4) is 22.3 Å². The number of hydrogen-bond donors (Lipinski definition) is 1. The van der Waals surface area contributed by atoms with Gasteiger partial charge < -0.3 is 5.11 Å². The summed E-state index contributed by atoms with van der Waals surface area (Å²) < 4.78 is 14.2. The molecule has 0 spiro atoms. The van der Waals surface area contributed by atoms with Crippen molar-refractivity contribution in [2.45, 2.75) is 38.7 Å². The molecular weight excluding hydrogens is 371 g/mol. The van der Waals surface area contributed by atoms with Crippen molar-refractivity contribution in [3.63, 3.8) is 0 Å². The minimum atomic E-state index is -0.222. The molecule has 0 aliphatic carbocycles. The van der Waals surface area contributed by atoms with Gasteiger partial charge in [-0.15, -0.1) is 6.58 Å². The quantitative estimate of drug-likeness (QED) is 0.292. The summed E-state index contributed by atoms with van der Waals surface area (Å²) in [6.45, 7) is 5.50. The molecule has 0 aliphatic heterocycles. The molecule has 1 N–H and O–H groups in total.